The zero-order valence-electron chi connectivity index (χ0n) is 14.9. The molecule has 0 radical (unpaired) electrons. The molecule has 1 aliphatic rings. The van der Waals surface area contributed by atoms with Crippen molar-refractivity contribution in [3.05, 3.63) is 53.2 Å². The number of aryl methyl sites for hydroxylation is 1. The van der Waals surface area contributed by atoms with Crippen molar-refractivity contribution in [3.63, 3.8) is 0 Å². The molecule has 2 aromatic rings. The zero-order chi connectivity index (χ0) is 20.3. The number of rotatable bonds is 4. The number of hydrogen-bond donors (Lipinski definition) is 3. The van der Waals surface area contributed by atoms with Crippen molar-refractivity contribution >= 4 is 23.5 Å². The molecule has 0 fully saturated rings. The van der Waals surface area contributed by atoms with Crippen molar-refractivity contribution in [3.8, 4) is 5.75 Å². The molecule has 0 aliphatic carbocycles. The number of aliphatic hydroxyl groups is 1. The van der Waals surface area contributed by atoms with Crippen LogP contribution in [-0.4, -0.2) is 41.4 Å². The number of aromatic nitrogens is 1. The molecule has 1 aromatic carbocycles. The van der Waals surface area contributed by atoms with Crippen molar-refractivity contribution in [2.75, 3.05) is 23.8 Å². The Balaban J connectivity index is 1.72. The van der Waals surface area contributed by atoms with Gasteiger partial charge in [0, 0.05) is 17.7 Å². The highest BCUT2D eigenvalue weighted by Crippen LogP contribution is 2.29. The summed E-state index contributed by atoms with van der Waals surface area (Å²) in [6.07, 6.45) is -1.85. The normalized spacial score (nSPS) is 16.2. The molecule has 0 saturated carbocycles. The minimum Gasteiger partial charge on any atom is -0.487 e. The first-order valence-electron chi connectivity index (χ1n) is 8.43. The Morgan fingerprint density at radius 3 is 2.89 bits per heavy atom. The molecule has 28 heavy (non-hydrogen) atoms. The van der Waals surface area contributed by atoms with Crippen LogP contribution in [0.25, 0.3) is 6.08 Å². The van der Waals surface area contributed by atoms with Gasteiger partial charge >= 0.3 is 6.18 Å². The minimum absolute atomic E-state index is 0.0902. The lowest BCUT2D eigenvalue weighted by Gasteiger charge is -2.25. The molecule has 9 heteroatoms. The van der Waals surface area contributed by atoms with Crippen LogP contribution in [0.2, 0.25) is 0 Å². The van der Waals surface area contributed by atoms with E-state index in [4.69, 9.17) is 9.84 Å². The third kappa shape index (κ3) is 4.80. The largest absolute Gasteiger partial charge is 0.487 e. The molecule has 2 heterocycles. The van der Waals surface area contributed by atoms with Crippen LogP contribution >= 0.6 is 0 Å². The van der Waals surface area contributed by atoms with E-state index in [1.165, 1.54) is 24.4 Å². The SMILES string of the molecule is Cc1cc(/C=C/C(F)(F)F)ccc1C(=O)Nc1cnc2c(c1)OCC(CO)N2. The summed E-state index contributed by atoms with van der Waals surface area (Å²) < 4.78 is 42.3. The van der Waals surface area contributed by atoms with Gasteiger partial charge in [0.1, 0.15) is 6.61 Å². The highest BCUT2D eigenvalue weighted by molar-refractivity contribution is 6.05. The Labute approximate surface area is 159 Å². The molecule has 1 unspecified atom stereocenters. The van der Waals surface area contributed by atoms with Crippen LogP contribution in [0.3, 0.4) is 0 Å². The van der Waals surface area contributed by atoms with Crippen molar-refractivity contribution in [2.45, 2.75) is 19.1 Å². The van der Waals surface area contributed by atoms with Crippen molar-refractivity contribution in [1.29, 1.82) is 0 Å². The summed E-state index contributed by atoms with van der Waals surface area (Å²) in [5.41, 5.74) is 1.63. The number of allylic oxidation sites excluding steroid dienone is 1. The van der Waals surface area contributed by atoms with Gasteiger partial charge in [-0.1, -0.05) is 18.2 Å². The highest BCUT2D eigenvalue weighted by atomic mass is 19.4. The number of anilines is 2. The van der Waals surface area contributed by atoms with Gasteiger partial charge in [-0.15, -0.1) is 0 Å². The van der Waals surface area contributed by atoms with Crippen LogP contribution in [0, 0.1) is 6.92 Å². The van der Waals surface area contributed by atoms with Gasteiger partial charge in [0.15, 0.2) is 11.6 Å². The molecule has 148 valence electrons. The van der Waals surface area contributed by atoms with E-state index in [9.17, 15) is 18.0 Å². The molecule has 0 spiro atoms. The van der Waals surface area contributed by atoms with Gasteiger partial charge in [0.2, 0.25) is 0 Å². The number of ether oxygens (including phenoxy) is 1. The topological polar surface area (TPSA) is 83.5 Å². The van der Waals surface area contributed by atoms with E-state index < -0.39 is 12.1 Å². The molecule has 3 N–H and O–H groups in total. The number of amides is 1. The molecule has 1 atom stereocenters. The predicted octanol–water partition coefficient (Wildman–Crippen LogP) is 3.38. The summed E-state index contributed by atoms with van der Waals surface area (Å²) in [5, 5.41) is 14.9. The number of nitrogens with one attached hydrogen (secondary N) is 2. The van der Waals surface area contributed by atoms with E-state index in [1.807, 2.05) is 0 Å². The molecule has 1 aliphatic heterocycles. The average molecular weight is 393 g/mol. The van der Waals surface area contributed by atoms with Gasteiger partial charge in [0.05, 0.1) is 24.5 Å². The fourth-order valence-electron chi connectivity index (χ4n) is 2.69. The molecule has 0 bridgehead atoms. The van der Waals surface area contributed by atoms with E-state index >= 15 is 0 Å². The Morgan fingerprint density at radius 1 is 1.43 bits per heavy atom. The Morgan fingerprint density at radius 2 is 2.21 bits per heavy atom. The zero-order valence-corrected chi connectivity index (χ0v) is 14.9. The smallest absolute Gasteiger partial charge is 0.409 e. The van der Waals surface area contributed by atoms with Gasteiger partial charge in [-0.05, 0) is 24.1 Å². The first-order chi connectivity index (χ1) is 13.2. The number of carbonyl (C=O) groups is 1. The molecule has 1 amide bonds. The molecular formula is C19H18F3N3O3. The lowest BCUT2D eigenvalue weighted by atomic mass is 10.0. The average Bonchev–Trinajstić information content (AvgIpc) is 2.65. The highest BCUT2D eigenvalue weighted by Gasteiger charge is 2.22. The fourth-order valence-corrected chi connectivity index (χ4v) is 2.69. The molecule has 6 nitrogen and oxygen atoms in total. The molecular weight excluding hydrogens is 375 g/mol. The van der Waals surface area contributed by atoms with Crippen LogP contribution in [0.4, 0.5) is 24.7 Å². The number of benzene rings is 1. The van der Waals surface area contributed by atoms with Crippen LogP contribution in [-0.2, 0) is 0 Å². The van der Waals surface area contributed by atoms with E-state index in [1.54, 1.807) is 13.0 Å². The van der Waals surface area contributed by atoms with Crippen LogP contribution in [0.1, 0.15) is 21.5 Å². The van der Waals surface area contributed by atoms with Crippen molar-refractivity contribution < 1.29 is 27.8 Å². The predicted molar refractivity (Wildman–Crippen MR) is 98.4 cm³/mol. The summed E-state index contributed by atoms with van der Waals surface area (Å²) in [5.74, 6) is 0.509. The van der Waals surface area contributed by atoms with Gasteiger partial charge < -0.3 is 20.5 Å². The van der Waals surface area contributed by atoms with E-state index in [0.29, 0.717) is 33.9 Å². The maximum atomic E-state index is 12.5. The number of aliphatic hydroxyl groups excluding tert-OH is 1. The standard InChI is InChI=1S/C19H18F3N3O3/c1-11-6-12(4-5-19(20,21)22)2-3-15(11)18(27)25-13-7-16-17(23-8-13)24-14(9-26)10-28-16/h2-8,14,26H,9-10H2,1H3,(H,23,24)(H,25,27)/b5-4+. The summed E-state index contributed by atoms with van der Waals surface area (Å²) in [4.78, 5) is 16.7. The van der Waals surface area contributed by atoms with Gasteiger partial charge in [-0.3, -0.25) is 4.79 Å². The maximum absolute atomic E-state index is 12.5. The number of nitrogens with zero attached hydrogens (tertiary/aromatic N) is 1. The summed E-state index contributed by atoms with van der Waals surface area (Å²) in [6, 6.07) is 5.78. The van der Waals surface area contributed by atoms with Crippen LogP contribution in [0.5, 0.6) is 5.75 Å². The fraction of sp³-hybridized carbons (Fsp3) is 0.263. The third-order valence-corrected chi connectivity index (χ3v) is 4.07. The van der Waals surface area contributed by atoms with E-state index in [0.717, 1.165) is 6.08 Å². The third-order valence-electron chi connectivity index (χ3n) is 4.07. The van der Waals surface area contributed by atoms with E-state index in [-0.39, 0.29) is 25.3 Å². The summed E-state index contributed by atoms with van der Waals surface area (Å²) >= 11 is 0. The molecule has 1 aromatic heterocycles. The summed E-state index contributed by atoms with van der Waals surface area (Å²) in [7, 11) is 0. The lowest BCUT2D eigenvalue weighted by Crippen LogP contribution is -2.34. The van der Waals surface area contributed by atoms with Gasteiger partial charge in [-0.25, -0.2) is 4.98 Å². The first-order valence-corrected chi connectivity index (χ1v) is 8.43. The number of fused-ring (bicyclic) bond motifs is 1. The Bertz CT molecular complexity index is 913. The Kier molecular flexibility index (Phi) is 5.55. The van der Waals surface area contributed by atoms with Gasteiger partial charge in [0.25, 0.3) is 5.91 Å². The second-order valence-electron chi connectivity index (χ2n) is 6.31. The number of pyridine rings is 1. The minimum atomic E-state index is -4.39. The van der Waals surface area contributed by atoms with Crippen molar-refractivity contribution in [1.82, 2.24) is 4.98 Å². The van der Waals surface area contributed by atoms with Crippen LogP contribution in [0.15, 0.2) is 36.5 Å². The monoisotopic (exact) mass is 393 g/mol. The lowest BCUT2D eigenvalue weighted by molar-refractivity contribution is -0.0790. The number of alkyl halides is 3. The first kappa shape index (κ1) is 19.7. The quantitative estimate of drug-likeness (QED) is 0.742. The number of carbonyl (C=O) groups excluding carboxylic acids is 1. The number of hydrogen-bond acceptors (Lipinski definition) is 5. The van der Waals surface area contributed by atoms with Crippen LogP contribution < -0.4 is 15.4 Å². The second kappa shape index (κ2) is 7.89. The molecule has 0 saturated heterocycles. The van der Waals surface area contributed by atoms with Gasteiger partial charge in [-0.2, -0.15) is 13.2 Å². The van der Waals surface area contributed by atoms with E-state index in [2.05, 4.69) is 15.6 Å². The summed E-state index contributed by atoms with van der Waals surface area (Å²) in [6.45, 7) is 1.83. The Hall–Kier alpha value is -3.07. The maximum Gasteiger partial charge on any atom is 0.409 e. The molecule has 3 rings (SSSR count). The van der Waals surface area contributed by atoms with Crippen molar-refractivity contribution in [2.24, 2.45) is 0 Å². The second-order valence-corrected chi connectivity index (χ2v) is 6.31. The number of halogens is 3.